The summed E-state index contributed by atoms with van der Waals surface area (Å²) in [5.74, 6) is -0.982. The number of nitrogens with zero attached hydrogens (tertiary/aromatic N) is 3. The molecule has 1 atom stereocenters. The molecule has 4 aliphatic rings. The number of benzene rings is 2. The molecule has 2 saturated heterocycles. The van der Waals surface area contributed by atoms with E-state index in [0.717, 1.165) is 79.9 Å². The Morgan fingerprint density at radius 2 is 1.85 bits per heavy atom. The molecule has 48 heavy (non-hydrogen) atoms. The number of ether oxygens (including phenoxy) is 1. The van der Waals surface area contributed by atoms with E-state index in [2.05, 4.69) is 22.0 Å². The number of allylic oxidation sites excluding steroid dienone is 1. The largest absolute Gasteiger partial charge is 0.388 e. The predicted octanol–water partition coefficient (Wildman–Crippen LogP) is 4.18. The number of piperidine rings is 1. The summed E-state index contributed by atoms with van der Waals surface area (Å²) in [4.78, 5) is 60.4. The number of nitrogens with one attached hydrogen (secondary N) is 4. The molecule has 3 aromatic rings. The van der Waals surface area contributed by atoms with Gasteiger partial charge in [-0.2, -0.15) is 0 Å². The number of hydrogen-bond acceptors (Lipinski definition) is 10. The molecule has 0 spiro atoms. The first kappa shape index (κ1) is 31.6. The number of aromatic nitrogens is 2. The fourth-order valence-electron chi connectivity index (χ4n) is 7.25. The summed E-state index contributed by atoms with van der Waals surface area (Å²) in [5, 5.41) is 17.0. The van der Waals surface area contributed by atoms with Gasteiger partial charge >= 0.3 is 0 Å². The van der Waals surface area contributed by atoms with Crippen molar-refractivity contribution >= 4 is 52.1 Å². The molecule has 1 unspecified atom stereocenters. The fourth-order valence-corrected chi connectivity index (χ4v) is 7.25. The Morgan fingerprint density at radius 3 is 2.65 bits per heavy atom. The average molecular weight is 650 g/mol. The summed E-state index contributed by atoms with van der Waals surface area (Å²) < 4.78 is 5.53. The smallest absolute Gasteiger partial charge is 0.262 e. The Bertz CT molecular complexity index is 1810. The van der Waals surface area contributed by atoms with E-state index in [-0.39, 0.29) is 24.0 Å². The van der Waals surface area contributed by atoms with Gasteiger partial charge in [0.05, 0.1) is 34.1 Å². The zero-order chi connectivity index (χ0) is 33.2. The first-order chi connectivity index (χ1) is 23.4. The number of amides is 4. The number of hydrogen-bond donors (Lipinski definition) is 4. The van der Waals surface area contributed by atoms with Gasteiger partial charge in [-0.3, -0.25) is 34.4 Å². The van der Waals surface area contributed by atoms with Gasteiger partial charge in [0, 0.05) is 55.9 Å². The lowest BCUT2D eigenvalue weighted by atomic mass is 9.77. The second kappa shape index (κ2) is 13.6. The first-order valence-corrected chi connectivity index (χ1v) is 16.8. The number of anilines is 1. The van der Waals surface area contributed by atoms with Crippen LogP contribution in [0.2, 0.25) is 0 Å². The van der Waals surface area contributed by atoms with E-state index in [1.807, 2.05) is 18.3 Å². The van der Waals surface area contributed by atoms with Crippen LogP contribution in [0.15, 0.2) is 48.8 Å². The second-order valence-electron chi connectivity index (χ2n) is 13.1. The van der Waals surface area contributed by atoms with E-state index in [4.69, 9.17) is 20.1 Å². The second-order valence-corrected chi connectivity index (χ2v) is 13.1. The third kappa shape index (κ3) is 6.32. The lowest BCUT2D eigenvalue weighted by molar-refractivity contribution is -0.136. The van der Waals surface area contributed by atoms with Crippen molar-refractivity contribution in [1.29, 1.82) is 5.41 Å². The summed E-state index contributed by atoms with van der Waals surface area (Å²) in [6, 6.07) is 10.6. The maximum atomic E-state index is 13.1. The highest BCUT2D eigenvalue weighted by Crippen LogP contribution is 2.34. The number of rotatable bonds is 11. The van der Waals surface area contributed by atoms with Crippen LogP contribution in [0.4, 0.5) is 5.69 Å². The SMILES string of the molecule is N=C/C(=C\NC1CC(CCCNc2ccc3c(c2)C(=O)N(C2CCC(=O)NC2=O)C3=O)C1)c1cnc2c(C3CCOCC3)cccc2n1. The van der Waals surface area contributed by atoms with Gasteiger partial charge in [0.1, 0.15) is 6.04 Å². The molecule has 1 saturated carbocycles. The Kier molecular flexibility index (Phi) is 8.98. The van der Waals surface area contributed by atoms with Crippen LogP contribution in [0.25, 0.3) is 16.6 Å². The molecule has 4 amide bonds. The molecule has 2 aromatic carbocycles. The number of carbonyl (C=O) groups is 4. The summed E-state index contributed by atoms with van der Waals surface area (Å²) >= 11 is 0. The minimum absolute atomic E-state index is 0.0919. The molecule has 7 rings (SSSR count). The highest BCUT2D eigenvalue weighted by molar-refractivity contribution is 6.23. The van der Waals surface area contributed by atoms with E-state index in [1.54, 1.807) is 24.4 Å². The first-order valence-electron chi connectivity index (χ1n) is 16.8. The Labute approximate surface area is 278 Å². The maximum absolute atomic E-state index is 13.1. The van der Waals surface area contributed by atoms with Crippen LogP contribution in [0, 0.1) is 11.3 Å². The Balaban J connectivity index is 0.870. The average Bonchev–Trinajstić information content (AvgIpc) is 3.33. The molecule has 4 heterocycles. The summed E-state index contributed by atoms with van der Waals surface area (Å²) in [6.45, 7) is 2.27. The summed E-state index contributed by atoms with van der Waals surface area (Å²) in [6.07, 6.45) is 11.3. The number of carbonyl (C=O) groups excluding carboxylic acids is 4. The van der Waals surface area contributed by atoms with Crippen molar-refractivity contribution in [3.63, 3.8) is 0 Å². The third-order valence-electron chi connectivity index (χ3n) is 9.98. The molecule has 1 aromatic heterocycles. The fraction of sp³-hybridized carbons (Fsp3) is 0.417. The van der Waals surface area contributed by atoms with E-state index < -0.39 is 29.7 Å². The van der Waals surface area contributed by atoms with Crippen molar-refractivity contribution in [1.82, 2.24) is 25.5 Å². The molecule has 0 radical (unpaired) electrons. The van der Waals surface area contributed by atoms with Crippen LogP contribution in [0.3, 0.4) is 0 Å². The van der Waals surface area contributed by atoms with Crippen LogP contribution in [0.5, 0.6) is 0 Å². The van der Waals surface area contributed by atoms with Gasteiger partial charge in [-0.05, 0) is 86.6 Å². The lowest BCUT2D eigenvalue weighted by Crippen LogP contribution is -2.54. The minimum Gasteiger partial charge on any atom is -0.388 e. The van der Waals surface area contributed by atoms with Gasteiger partial charge in [-0.1, -0.05) is 12.1 Å². The zero-order valence-corrected chi connectivity index (χ0v) is 26.7. The molecular weight excluding hydrogens is 610 g/mol. The van der Waals surface area contributed by atoms with Crippen LogP contribution < -0.4 is 16.0 Å². The van der Waals surface area contributed by atoms with Crippen LogP contribution in [0.1, 0.15) is 89.3 Å². The zero-order valence-electron chi connectivity index (χ0n) is 26.7. The highest BCUT2D eigenvalue weighted by atomic mass is 16.5. The normalized spacial score (nSPS) is 23.1. The quantitative estimate of drug-likeness (QED) is 0.135. The molecule has 3 aliphatic heterocycles. The van der Waals surface area contributed by atoms with E-state index >= 15 is 0 Å². The number of imide groups is 2. The molecule has 12 heteroatoms. The van der Waals surface area contributed by atoms with Crippen LogP contribution in [-0.2, 0) is 14.3 Å². The van der Waals surface area contributed by atoms with E-state index in [9.17, 15) is 19.2 Å². The van der Waals surface area contributed by atoms with Gasteiger partial charge in [-0.25, -0.2) is 4.98 Å². The molecule has 3 fully saturated rings. The van der Waals surface area contributed by atoms with Crippen molar-refractivity contribution < 1.29 is 23.9 Å². The van der Waals surface area contributed by atoms with Crippen molar-refractivity contribution in [2.24, 2.45) is 5.92 Å². The predicted molar refractivity (Wildman–Crippen MR) is 180 cm³/mol. The Hall–Kier alpha value is -4.97. The summed E-state index contributed by atoms with van der Waals surface area (Å²) in [5.41, 5.74) is 5.66. The number of fused-ring (bicyclic) bond motifs is 2. The van der Waals surface area contributed by atoms with Crippen molar-refractivity contribution in [2.75, 3.05) is 25.1 Å². The monoisotopic (exact) mass is 649 g/mol. The van der Waals surface area contributed by atoms with Gasteiger partial charge in [0.15, 0.2) is 0 Å². The van der Waals surface area contributed by atoms with Crippen molar-refractivity contribution in [3.05, 3.63) is 71.2 Å². The van der Waals surface area contributed by atoms with E-state index in [0.29, 0.717) is 29.1 Å². The maximum Gasteiger partial charge on any atom is 0.262 e. The van der Waals surface area contributed by atoms with E-state index in [1.165, 1.54) is 11.8 Å². The lowest BCUT2D eigenvalue weighted by Gasteiger charge is -2.36. The van der Waals surface area contributed by atoms with Gasteiger partial charge < -0.3 is 20.8 Å². The topological polar surface area (TPSA) is 166 Å². The molecule has 12 nitrogen and oxygen atoms in total. The molecule has 4 N–H and O–H groups in total. The van der Waals surface area contributed by atoms with Gasteiger partial charge in [-0.15, -0.1) is 0 Å². The standard InChI is InChI=1S/C36H39N7O5/c37-18-23(30-20-40-33-26(4-1-5-29(33)41-30)22-10-13-48-14-11-22)19-39-25-15-21(16-25)3-2-12-38-24-6-7-27-28(17-24)36(47)43(35(27)46)31-8-9-32(44)42-34(31)45/h1,4-7,17-22,25,31,37-39H,2-3,8-16H2,(H,42,44,45)/b23-19+,37-18?. The molecule has 0 bridgehead atoms. The van der Waals surface area contributed by atoms with Crippen LogP contribution >= 0.6 is 0 Å². The van der Waals surface area contributed by atoms with Gasteiger partial charge in [0.25, 0.3) is 11.8 Å². The summed E-state index contributed by atoms with van der Waals surface area (Å²) in [7, 11) is 0. The van der Waals surface area contributed by atoms with Crippen LogP contribution in [-0.4, -0.2) is 76.6 Å². The molecular formula is C36H39N7O5. The molecule has 1 aliphatic carbocycles. The number of para-hydroxylation sites is 1. The molecule has 248 valence electrons. The Morgan fingerprint density at radius 1 is 1.04 bits per heavy atom. The highest BCUT2D eigenvalue weighted by Gasteiger charge is 2.44. The third-order valence-corrected chi connectivity index (χ3v) is 9.98. The minimum atomic E-state index is -0.970. The van der Waals surface area contributed by atoms with Gasteiger partial charge in [0.2, 0.25) is 11.8 Å². The van der Waals surface area contributed by atoms with Crippen molar-refractivity contribution in [3.8, 4) is 0 Å². The van der Waals surface area contributed by atoms with Crippen molar-refractivity contribution in [2.45, 2.75) is 69.4 Å².